The van der Waals surface area contributed by atoms with Crippen LogP contribution < -0.4 is 10.6 Å². The van der Waals surface area contributed by atoms with Crippen LogP contribution in [0.3, 0.4) is 0 Å². The number of carbonyl (C=O) groups excluding carboxylic acids is 1. The lowest BCUT2D eigenvalue weighted by molar-refractivity contribution is -0.122. The Bertz CT molecular complexity index is 692. The lowest BCUT2D eigenvalue weighted by Crippen LogP contribution is -2.44. The van der Waals surface area contributed by atoms with Crippen molar-refractivity contribution in [3.63, 3.8) is 0 Å². The second kappa shape index (κ2) is 5.25. The van der Waals surface area contributed by atoms with E-state index in [9.17, 15) is 4.79 Å². The Morgan fingerprint density at radius 2 is 1.82 bits per heavy atom. The van der Waals surface area contributed by atoms with Crippen LogP contribution in [0.5, 0.6) is 0 Å². The van der Waals surface area contributed by atoms with Gasteiger partial charge in [0.1, 0.15) is 0 Å². The van der Waals surface area contributed by atoms with E-state index in [1.54, 1.807) is 0 Å². The molecule has 2 N–H and O–H groups in total. The van der Waals surface area contributed by atoms with E-state index in [4.69, 9.17) is 0 Å². The van der Waals surface area contributed by atoms with Crippen LogP contribution in [0.15, 0.2) is 54.6 Å². The summed E-state index contributed by atoms with van der Waals surface area (Å²) in [6, 6.07) is 18.5. The largest absolute Gasteiger partial charge is 0.325 e. The Balaban J connectivity index is 1.84. The van der Waals surface area contributed by atoms with E-state index in [-0.39, 0.29) is 5.91 Å². The van der Waals surface area contributed by atoms with Crippen molar-refractivity contribution in [1.82, 2.24) is 5.32 Å². The van der Waals surface area contributed by atoms with Gasteiger partial charge in [-0.25, -0.2) is 0 Å². The Morgan fingerprint density at radius 1 is 1.05 bits per heavy atom. The number of amides is 1. The molecule has 3 heteroatoms. The molecule has 0 spiro atoms. The highest BCUT2D eigenvalue weighted by Crippen LogP contribution is 2.47. The zero-order valence-corrected chi connectivity index (χ0v) is 12.5. The topological polar surface area (TPSA) is 41.1 Å². The van der Waals surface area contributed by atoms with Crippen molar-refractivity contribution in [3.05, 3.63) is 65.7 Å². The van der Waals surface area contributed by atoms with Gasteiger partial charge >= 0.3 is 0 Å². The molecule has 1 saturated heterocycles. The van der Waals surface area contributed by atoms with Gasteiger partial charge in [0.15, 0.2) is 0 Å². The average Bonchev–Trinajstić information content (AvgIpc) is 3.16. The highest BCUT2D eigenvalue weighted by atomic mass is 16.2. The van der Waals surface area contributed by atoms with E-state index in [0.717, 1.165) is 37.2 Å². The summed E-state index contributed by atoms with van der Waals surface area (Å²) in [5.41, 5.74) is 2.93. The van der Waals surface area contributed by atoms with Gasteiger partial charge in [0.05, 0.1) is 5.41 Å². The van der Waals surface area contributed by atoms with Gasteiger partial charge in [-0.15, -0.1) is 0 Å². The zero-order chi connectivity index (χ0) is 15.0. The van der Waals surface area contributed by atoms with E-state index in [0.29, 0.717) is 5.92 Å². The quantitative estimate of drug-likeness (QED) is 0.913. The van der Waals surface area contributed by atoms with E-state index < -0.39 is 5.41 Å². The second-order valence-corrected chi connectivity index (χ2v) is 6.32. The summed E-state index contributed by atoms with van der Waals surface area (Å²) in [5.74, 6) is 0.502. The number of anilines is 1. The monoisotopic (exact) mass is 292 g/mol. The fourth-order valence-electron chi connectivity index (χ4n) is 4.06. The predicted molar refractivity (Wildman–Crippen MR) is 87.9 cm³/mol. The number of benzene rings is 2. The van der Waals surface area contributed by atoms with Gasteiger partial charge in [-0.05, 0) is 49.0 Å². The summed E-state index contributed by atoms with van der Waals surface area (Å²) in [4.78, 5) is 13.0. The maximum absolute atomic E-state index is 13.0. The highest BCUT2D eigenvalue weighted by molar-refractivity contribution is 6.06. The summed E-state index contributed by atoms with van der Waals surface area (Å²) in [5, 5.41) is 6.55. The molecule has 4 rings (SSSR count). The second-order valence-electron chi connectivity index (χ2n) is 6.32. The van der Waals surface area contributed by atoms with Crippen LogP contribution in [0.2, 0.25) is 0 Å². The molecule has 2 aromatic carbocycles. The van der Waals surface area contributed by atoms with Crippen LogP contribution in [0, 0.1) is 5.92 Å². The maximum atomic E-state index is 13.0. The van der Waals surface area contributed by atoms with E-state index >= 15 is 0 Å². The van der Waals surface area contributed by atoms with Crippen molar-refractivity contribution >= 4 is 11.6 Å². The molecule has 2 atom stereocenters. The van der Waals surface area contributed by atoms with Gasteiger partial charge in [-0.2, -0.15) is 0 Å². The molecule has 2 aromatic rings. The molecular formula is C19H20N2O. The summed E-state index contributed by atoms with van der Waals surface area (Å²) < 4.78 is 0. The Labute approximate surface area is 130 Å². The van der Waals surface area contributed by atoms with Gasteiger partial charge < -0.3 is 10.6 Å². The first-order chi connectivity index (χ1) is 10.8. The van der Waals surface area contributed by atoms with Gasteiger partial charge in [-0.3, -0.25) is 4.79 Å². The molecule has 0 radical (unpaired) electrons. The third-order valence-electron chi connectivity index (χ3n) is 5.14. The standard InChI is InChI=1S/C19H20N2O/c22-18-19(15-10-11-20-13-15,12-14-6-2-1-3-7-14)16-8-4-5-9-17(16)21-18/h1-9,15,20H,10-13H2,(H,21,22)/t15-,19?/m1/s1. The molecule has 1 amide bonds. The predicted octanol–water partition coefficient (Wildman–Crippen LogP) is 2.73. The van der Waals surface area contributed by atoms with Crippen LogP contribution in [0.1, 0.15) is 17.5 Å². The number of nitrogens with one attached hydrogen (secondary N) is 2. The summed E-state index contributed by atoms with van der Waals surface area (Å²) in [6.07, 6.45) is 1.82. The first-order valence-electron chi connectivity index (χ1n) is 7.96. The Morgan fingerprint density at radius 3 is 2.59 bits per heavy atom. The molecule has 0 aliphatic carbocycles. The lowest BCUT2D eigenvalue weighted by Gasteiger charge is -2.33. The fourth-order valence-corrected chi connectivity index (χ4v) is 4.06. The summed E-state index contributed by atoms with van der Waals surface area (Å²) in [6.45, 7) is 1.91. The first-order valence-corrected chi connectivity index (χ1v) is 7.96. The van der Waals surface area contributed by atoms with Crippen molar-refractivity contribution in [2.75, 3.05) is 18.4 Å². The molecule has 0 saturated carbocycles. The SMILES string of the molecule is O=C1Nc2ccccc2C1(Cc1ccccc1)[C@@H]1CCNC1. The van der Waals surface area contributed by atoms with Crippen LogP contribution in [-0.2, 0) is 16.6 Å². The van der Waals surface area contributed by atoms with E-state index in [1.165, 1.54) is 5.56 Å². The van der Waals surface area contributed by atoms with Gasteiger partial charge in [0.25, 0.3) is 0 Å². The zero-order valence-electron chi connectivity index (χ0n) is 12.5. The van der Waals surface area contributed by atoms with Crippen LogP contribution >= 0.6 is 0 Å². The molecule has 2 aliphatic rings. The van der Waals surface area contributed by atoms with Gasteiger partial charge in [0.2, 0.25) is 5.91 Å². The Hall–Kier alpha value is -2.13. The molecule has 2 heterocycles. The lowest BCUT2D eigenvalue weighted by atomic mass is 9.67. The maximum Gasteiger partial charge on any atom is 0.235 e. The highest BCUT2D eigenvalue weighted by Gasteiger charge is 2.52. The van der Waals surface area contributed by atoms with Crippen LogP contribution in [0.25, 0.3) is 0 Å². The van der Waals surface area contributed by atoms with Crippen molar-refractivity contribution in [1.29, 1.82) is 0 Å². The number of rotatable bonds is 3. The van der Waals surface area contributed by atoms with E-state index in [1.807, 2.05) is 24.3 Å². The summed E-state index contributed by atoms with van der Waals surface area (Å²) in [7, 11) is 0. The molecule has 0 bridgehead atoms. The number of para-hydroxylation sites is 1. The third-order valence-corrected chi connectivity index (χ3v) is 5.14. The number of carbonyl (C=O) groups is 1. The minimum Gasteiger partial charge on any atom is -0.325 e. The molecule has 1 unspecified atom stereocenters. The number of fused-ring (bicyclic) bond motifs is 1. The number of hydrogen-bond donors (Lipinski definition) is 2. The third kappa shape index (κ3) is 1.97. The van der Waals surface area contributed by atoms with E-state index in [2.05, 4.69) is 41.0 Å². The van der Waals surface area contributed by atoms with Crippen molar-refractivity contribution < 1.29 is 4.79 Å². The minimum absolute atomic E-state index is 0.159. The van der Waals surface area contributed by atoms with Crippen LogP contribution in [-0.4, -0.2) is 19.0 Å². The Kier molecular flexibility index (Phi) is 3.23. The molecule has 112 valence electrons. The van der Waals surface area contributed by atoms with Crippen molar-refractivity contribution in [3.8, 4) is 0 Å². The molecule has 2 aliphatic heterocycles. The van der Waals surface area contributed by atoms with Gasteiger partial charge in [0, 0.05) is 5.69 Å². The minimum atomic E-state index is -0.443. The van der Waals surface area contributed by atoms with Crippen LogP contribution in [0.4, 0.5) is 5.69 Å². The van der Waals surface area contributed by atoms with Crippen molar-refractivity contribution in [2.45, 2.75) is 18.3 Å². The molecule has 22 heavy (non-hydrogen) atoms. The molecule has 0 aromatic heterocycles. The fraction of sp³-hybridized carbons (Fsp3) is 0.316. The van der Waals surface area contributed by atoms with Crippen molar-refractivity contribution in [2.24, 2.45) is 5.92 Å². The number of hydrogen-bond acceptors (Lipinski definition) is 2. The molecular weight excluding hydrogens is 272 g/mol. The molecule has 1 fully saturated rings. The normalized spacial score (nSPS) is 26.7. The van der Waals surface area contributed by atoms with Gasteiger partial charge in [-0.1, -0.05) is 48.5 Å². The smallest absolute Gasteiger partial charge is 0.235 e. The molecule has 3 nitrogen and oxygen atoms in total. The first kappa shape index (κ1) is 13.5. The average molecular weight is 292 g/mol. The summed E-state index contributed by atoms with van der Waals surface area (Å²) >= 11 is 0.